The predicted molar refractivity (Wildman–Crippen MR) is 102 cm³/mol. The van der Waals surface area contributed by atoms with Crippen molar-refractivity contribution >= 4 is 10.0 Å². The van der Waals surface area contributed by atoms with Gasteiger partial charge in [0, 0.05) is 18.7 Å². The number of hydrogen-bond acceptors (Lipinski definition) is 5. The lowest BCUT2D eigenvalue weighted by Gasteiger charge is -2.30. The molecule has 1 saturated heterocycles. The first-order valence-electron chi connectivity index (χ1n) is 9.20. The number of benzene rings is 2. The van der Waals surface area contributed by atoms with Crippen molar-refractivity contribution in [2.75, 3.05) is 13.1 Å². The van der Waals surface area contributed by atoms with Crippen LogP contribution in [-0.2, 0) is 10.0 Å². The maximum atomic E-state index is 13.6. The highest BCUT2D eigenvalue weighted by molar-refractivity contribution is 7.89. The normalized spacial score (nSPS) is 18.1. The van der Waals surface area contributed by atoms with E-state index in [4.69, 9.17) is 4.52 Å². The van der Waals surface area contributed by atoms with Crippen LogP contribution >= 0.6 is 0 Å². The Morgan fingerprint density at radius 3 is 2.72 bits per heavy atom. The Morgan fingerprint density at radius 2 is 1.93 bits per heavy atom. The van der Waals surface area contributed by atoms with E-state index in [9.17, 15) is 17.2 Å². The van der Waals surface area contributed by atoms with E-state index >= 15 is 0 Å². The second-order valence-corrected chi connectivity index (χ2v) is 8.98. The van der Waals surface area contributed by atoms with E-state index in [1.54, 1.807) is 19.1 Å². The quantitative estimate of drug-likeness (QED) is 0.641. The average molecular weight is 419 g/mol. The minimum atomic E-state index is -3.85. The molecule has 0 radical (unpaired) electrons. The van der Waals surface area contributed by atoms with Crippen LogP contribution in [0.25, 0.3) is 11.4 Å². The molecule has 1 atom stereocenters. The van der Waals surface area contributed by atoms with E-state index in [-0.39, 0.29) is 23.2 Å². The van der Waals surface area contributed by atoms with E-state index in [1.165, 1.54) is 28.6 Å². The van der Waals surface area contributed by atoms with Crippen LogP contribution in [0, 0.1) is 18.6 Å². The van der Waals surface area contributed by atoms with Gasteiger partial charge in [-0.15, -0.1) is 0 Å². The van der Waals surface area contributed by atoms with Gasteiger partial charge in [-0.1, -0.05) is 23.4 Å². The first-order chi connectivity index (χ1) is 13.8. The SMILES string of the molecule is Cc1ccc(F)cc1S(=O)(=O)N1CCCC(c2nc(-c3cccc(F)c3)no2)C1. The number of aromatic nitrogens is 2. The zero-order chi connectivity index (χ0) is 20.6. The first kappa shape index (κ1) is 19.7. The molecule has 0 saturated carbocycles. The molecular formula is C20H19F2N3O3S. The summed E-state index contributed by atoms with van der Waals surface area (Å²) in [5, 5.41) is 3.90. The number of nitrogens with zero attached hydrogens (tertiary/aromatic N) is 3. The van der Waals surface area contributed by atoms with Crippen LogP contribution in [0.4, 0.5) is 8.78 Å². The van der Waals surface area contributed by atoms with Crippen molar-refractivity contribution in [3.05, 3.63) is 65.6 Å². The van der Waals surface area contributed by atoms with Crippen molar-refractivity contribution in [3.63, 3.8) is 0 Å². The Morgan fingerprint density at radius 1 is 1.14 bits per heavy atom. The Balaban J connectivity index is 1.58. The Labute approximate surface area is 167 Å². The molecule has 29 heavy (non-hydrogen) atoms. The summed E-state index contributed by atoms with van der Waals surface area (Å²) in [4.78, 5) is 4.30. The van der Waals surface area contributed by atoms with Crippen molar-refractivity contribution in [1.29, 1.82) is 0 Å². The first-order valence-corrected chi connectivity index (χ1v) is 10.6. The van der Waals surface area contributed by atoms with Crippen molar-refractivity contribution in [3.8, 4) is 11.4 Å². The van der Waals surface area contributed by atoms with Gasteiger partial charge in [-0.2, -0.15) is 9.29 Å². The highest BCUT2D eigenvalue weighted by Gasteiger charge is 2.34. The molecule has 0 bridgehead atoms. The average Bonchev–Trinajstić information content (AvgIpc) is 3.20. The summed E-state index contributed by atoms with van der Waals surface area (Å²) in [6.07, 6.45) is 1.29. The van der Waals surface area contributed by atoms with Crippen LogP contribution in [0.5, 0.6) is 0 Å². The summed E-state index contributed by atoms with van der Waals surface area (Å²) in [6, 6.07) is 9.58. The highest BCUT2D eigenvalue weighted by atomic mass is 32.2. The van der Waals surface area contributed by atoms with E-state index in [0.29, 0.717) is 36.4 Å². The minimum absolute atomic E-state index is 0.0378. The lowest BCUT2D eigenvalue weighted by molar-refractivity contribution is 0.265. The zero-order valence-corrected chi connectivity index (χ0v) is 16.5. The molecule has 1 aliphatic heterocycles. The number of aryl methyl sites for hydroxylation is 1. The van der Waals surface area contributed by atoms with Gasteiger partial charge >= 0.3 is 0 Å². The number of rotatable bonds is 4. The fourth-order valence-corrected chi connectivity index (χ4v) is 5.26. The van der Waals surface area contributed by atoms with Gasteiger partial charge in [0.15, 0.2) is 0 Å². The molecule has 0 N–H and O–H groups in total. The van der Waals surface area contributed by atoms with Crippen LogP contribution < -0.4 is 0 Å². The number of halogens is 2. The highest BCUT2D eigenvalue weighted by Crippen LogP contribution is 2.31. The Hall–Kier alpha value is -2.65. The van der Waals surface area contributed by atoms with Gasteiger partial charge in [0.25, 0.3) is 0 Å². The molecule has 2 heterocycles. The third kappa shape index (κ3) is 3.92. The molecule has 9 heteroatoms. The van der Waals surface area contributed by atoms with Crippen LogP contribution in [0.2, 0.25) is 0 Å². The van der Waals surface area contributed by atoms with Gasteiger partial charge in [-0.05, 0) is 49.6 Å². The van der Waals surface area contributed by atoms with Crippen molar-refractivity contribution < 1.29 is 21.7 Å². The molecule has 2 aromatic carbocycles. The number of sulfonamides is 1. The molecule has 0 amide bonds. The number of piperidine rings is 1. The van der Waals surface area contributed by atoms with Gasteiger partial charge < -0.3 is 4.52 Å². The third-order valence-corrected chi connectivity index (χ3v) is 7.03. The molecular weight excluding hydrogens is 400 g/mol. The molecule has 6 nitrogen and oxygen atoms in total. The molecule has 0 aliphatic carbocycles. The molecule has 0 spiro atoms. The predicted octanol–water partition coefficient (Wildman–Crippen LogP) is 3.89. The van der Waals surface area contributed by atoms with E-state index in [2.05, 4.69) is 10.1 Å². The lowest BCUT2D eigenvalue weighted by atomic mass is 10.00. The zero-order valence-electron chi connectivity index (χ0n) is 15.7. The summed E-state index contributed by atoms with van der Waals surface area (Å²) in [5.74, 6) is -0.739. The molecule has 152 valence electrons. The topological polar surface area (TPSA) is 76.3 Å². The maximum absolute atomic E-state index is 13.6. The van der Waals surface area contributed by atoms with Crippen LogP contribution in [0.1, 0.15) is 30.2 Å². The fourth-order valence-electron chi connectivity index (χ4n) is 3.50. The summed E-state index contributed by atoms with van der Waals surface area (Å²) in [7, 11) is -3.85. The van der Waals surface area contributed by atoms with Crippen LogP contribution in [-0.4, -0.2) is 36.0 Å². The van der Waals surface area contributed by atoms with Crippen molar-refractivity contribution in [2.45, 2.75) is 30.6 Å². The molecule has 1 aromatic heterocycles. The summed E-state index contributed by atoms with van der Waals surface area (Å²) in [6.45, 7) is 2.12. The summed E-state index contributed by atoms with van der Waals surface area (Å²) in [5.41, 5.74) is 0.968. The van der Waals surface area contributed by atoms with Gasteiger partial charge in [0.1, 0.15) is 11.6 Å². The van der Waals surface area contributed by atoms with Crippen molar-refractivity contribution in [1.82, 2.24) is 14.4 Å². The molecule has 1 aliphatic rings. The summed E-state index contributed by atoms with van der Waals surface area (Å²) < 4.78 is 59.8. The van der Waals surface area contributed by atoms with Gasteiger partial charge in [0.2, 0.25) is 21.7 Å². The van der Waals surface area contributed by atoms with E-state index in [0.717, 1.165) is 6.07 Å². The second kappa shape index (κ2) is 7.64. The standard InChI is InChI=1S/C20H19F2N3O3S/c1-13-7-8-17(22)11-18(13)29(26,27)25-9-3-5-15(12-25)20-23-19(24-28-20)14-4-2-6-16(21)10-14/h2,4,6-8,10-11,15H,3,5,9,12H2,1H3. The minimum Gasteiger partial charge on any atom is -0.339 e. The third-order valence-electron chi connectivity index (χ3n) is 5.03. The smallest absolute Gasteiger partial charge is 0.243 e. The molecule has 4 rings (SSSR count). The lowest BCUT2D eigenvalue weighted by Crippen LogP contribution is -2.39. The maximum Gasteiger partial charge on any atom is 0.243 e. The molecule has 3 aromatic rings. The van der Waals surface area contributed by atoms with Gasteiger partial charge in [-0.25, -0.2) is 17.2 Å². The fraction of sp³-hybridized carbons (Fsp3) is 0.300. The second-order valence-electron chi connectivity index (χ2n) is 7.08. The summed E-state index contributed by atoms with van der Waals surface area (Å²) >= 11 is 0. The van der Waals surface area contributed by atoms with E-state index in [1.807, 2.05) is 0 Å². The van der Waals surface area contributed by atoms with Gasteiger partial charge in [-0.3, -0.25) is 0 Å². The van der Waals surface area contributed by atoms with Crippen LogP contribution in [0.15, 0.2) is 51.9 Å². The monoisotopic (exact) mass is 419 g/mol. The van der Waals surface area contributed by atoms with Crippen LogP contribution in [0.3, 0.4) is 0 Å². The van der Waals surface area contributed by atoms with Gasteiger partial charge in [0.05, 0.1) is 10.8 Å². The molecule has 1 fully saturated rings. The Kier molecular flexibility index (Phi) is 5.18. The van der Waals surface area contributed by atoms with E-state index < -0.39 is 21.7 Å². The van der Waals surface area contributed by atoms with Crippen molar-refractivity contribution in [2.24, 2.45) is 0 Å². The molecule has 1 unspecified atom stereocenters. The largest absolute Gasteiger partial charge is 0.339 e. The Bertz CT molecular complexity index is 1150. The number of hydrogen-bond donors (Lipinski definition) is 0.